The number of benzene rings is 3. The second-order valence-corrected chi connectivity index (χ2v) is 10.3. The molecule has 1 aromatic heterocycles. The largest absolute Gasteiger partial charge is 0.465 e. The molecule has 38 heavy (non-hydrogen) atoms. The summed E-state index contributed by atoms with van der Waals surface area (Å²) in [4.78, 5) is 33.0. The fraction of sp³-hybridized carbons (Fsp3) is 0.233. The minimum atomic E-state index is -0.379. The Morgan fingerprint density at radius 2 is 1.53 bits per heavy atom. The third kappa shape index (κ3) is 5.39. The van der Waals surface area contributed by atoms with Gasteiger partial charge >= 0.3 is 5.97 Å². The van der Waals surface area contributed by atoms with Gasteiger partial charge in [0.15, 0.2) is 0 Å². The second-order valence-electron chi connectivity index (χ2n) is 9.41. The van der Waals surface area contributed by atoms with E-state index in [2.05, 4.69) is 4.90 Å². The molecule has 0 bridgehead atoms. The van der Waals surface area contributed by atoms with Crippen molar-refractivity contribution in [1.29, 1.82) is 0 Å². The zero-order valence-corrected chi connectivity index (χ0v) is 22.7. The highest BCUT2D eigenvalue weighted by molar-refractivity contribution is 6.30. The lowest BCUT2D eigenvalue weighted by atomic mass is 9.97. The molecule has 8 heteroatoms. The molecule has 0 fully saturated rings. The summed E-state index contributed by atoms with van der Waals surface area (Å²) in [6.07, 6.45) is 0.694. The van der Waals surface area contributed by atoms with Gasteiger partial charge in [-0.15, -0.1) is 0 Å². The van der Waals surface area contributed by atoms with E-state index in [1.165, 1.54) is 7.11 Å². The number of halogens is 2. The van der Waals surface area contributed by atoms with Crippen LogP contribution in [-0.4, -0.2) is 34.1 Å². The molecule has 194 valence electrons. The summed E-state index contributed by atoms with van der Waals surface area (Å²) < 4.78 is 6.57. The van der Waals surface area contributed by atoms with Crippen LogP contribution in [0.2, 0.25) is 10.0 Å². The van der Waals surface area contributed by atoms with E-state index in [0.717, 1.165) is 28.9 Å². The van der Waals surface area contributed by atoms with Crippen molar-refractivity contribution in [3.63, 3.8) is 0 Å². The maximum atomic E-state index is 14.1. The third-order valence-corrected chi connectivity index (χ3v) is 7.43. The summed E-state index contributed by atoms with van der Waals surface area (Å²) >= 11 is 12.3. The Bertz CT molecular complexity index is 1470. The Labute approximate surface area is 231 Å². The molecule has 6 nitrogen and oxygen atoms in total. The number of aryl methyl sites for hydroxylation is 1. The standard InChI is InChI=1S/C30H27Cl2N3O3/c1-19-33-27-15-16-34(17-20-3-5-23(6-4-20)30(37)38-2)18-26(27)29(36)35(19)28(21-7-11-24(31)12-8-21)22-9-13-25(32)14-10-22/h3-14,28H,15-18H2,1-2H3. The van der Waals surface area contributed by atoms with E-state index >= 15 is 0 Å². The van der Waals surface area contributed by atoms with Crippen LogP contribution in [0.5, 0.6) is 0 Å². The molecule has 1 aliphatic heterocycles. The van der Waals surface area contributed by atoms with Gasteiger partial charge in [0.2, 0.25) is 0 Å². The number of carbonyl (C=O) groups excluding carboxylic acids is 1. The summed E-state index contributed by atoms with van der Waals surface area (Å²) in [5.41, 5.74) is 4.95. The van der Waals surface area contributed by atoms with E-state index in [1.807, 2.05) is 67.6 Å². The Morgan fingerprint density at radius 3 is 2.08 bits per heavy atom. The fourth-order valence-electron chi connectivity index (χ4n) is 5.01. The smallest absolute Gasteiger partial charge is 0.337 e. The van der Waals surface area contributed by atoms with Crippen molar-refractivity contribution in [2.24, 2.45) is 0 Å². The highest BCUT2D eigenvalue weighted by Crippen LogP contribution is 2.29. The molecule has 3 aromatic carbocycles. The minimum absolute atomic E-state index is 0.0480. The van der Waals surface area contributed by atoms with Crippen molar-refractivity contribution < 1.29 is 9.53 Å². The van der Waals surface area contributed by atoms with Gasteiger partial charge < -0.3 is 4.74 Å². The number of ether oxygens (including phenoxy) is 1. The van der Waals surface area contributed by atoms with Crippen LogP contribution in [0.1, 0.15) is 50.2 Å². The van der Waals surface area contributed by atoms with Gasteiger partial charge in [-0.3, -0.25) is 14.3 Å². The topological polar surface area (TPSA) is 64.4 Å². The van der Waals surface area contributed by atoms with E-state index in [-0.39, 0.29) is 17.6 Å². The molecular formula is C30H27Cl2N3O3. The fourth-order valence-corrected chi connectivity index (χ4v) is 5.26. The number of esters is 1. The monoisotopic (exact) mass is 547 g/mol. The maximum Gasteiger partial charge on any atom is 0.337 e. The van der Waals surface area contributed by atoms with E-state index in [1.54, 1.807) is 16.7 Å². The van der Waals surface area contributed by atoms with Gasteiger partial charge in [0.25, 0.3) is 5.56 Å². The molecule has 4 aromatic rings. The minimum Gasteiger partial charge on any atom is -0.465 e. The van der Waals surface area contributed by atoms with Crippen molar-refractivity contribution in [2.75, 3.05) is 13.7 Å². The third-order valence-electron chi connectivity index (χ3n) is 6.93. The SMILES string of the molecule is COC(=O)c1ccc(CN2CCc3nc(C)n(C(c4ccc(Cl)cc4)c4ccc(Cl)cc4)c(=O)c3C2)cc1. The molecular weight excluding hydrogens is 521 g/mol. The van der Waals surface area contributed by atoms with Gasteiger partial charge in [-0.25, -0.2) is 9.78 Å². The first kappa shape index (κ1) is 26.2. The van der Waals surface area contributed by atoms with Crippen molar-refractivity contribution in [3.05, 3.63) is 133 Å². The number of hydrogen-bond acceptors (Lipinski definition) is 5. The highest BCUT2D eigenvalue weighted by Gasteiger charge is 2.27. The van der Waals surface area contributed by atoms with Gasteiger partial charge in [0.1, 0.15) is 5.82 Å². The van der Waals surface area contributed by atoms with Crippen LogP contribution in [0.25, 0.3) is 0 Å². The first-order valence-electron chi connectivity index (χ1n) is 12.4. The summed E-state index contributed by atoms with van der Waals surface area (Å²) in [5, 5.41) is 1.26. The molecule has 1 aliphatic rings. The van der Waals surface area contributed by atoms with Crippen molar-refractivity contribution in [3.8, 4) is 0 Å². The Kier molecular flexibility index (Phi) is 7.65. The van der Waals surface area contributed by atoms with E-state index in [0.29, 0.717) is 46.5 Å². The van der Waals surface area contributed by atoms with Crippen molar-refractivity contribution in [1.82, 2.24) is 14.5 Å². The summed E-state index contributed by atoms with van der Waals surface area (Å²) in [6, 6.07) is 22.1. The van der Waals surface area contributed by atoms with Gasteiger partial charge in [-0.05, 0) is 60.0 Å². The van der Waals surface area contributed by atoms with Crippen LogP contribution in [0.3, 0.4) is 0 Å². The van der Waals surface area contributed by atoms with Gasteiger partial charge in [0, 0.05) is 36.1 Å². The number of aromatic nitrogens is 2. The Morgan fingerprint density at radius 1 is 0.947 bits per heavy atom. The van der Waals surface area contributed by atoms with Crippen LogP contribution in [0.4, 0.5) is 0 Å². The van der Waals surface area contributed by atoms with Crippen molar-refractivity contribution in [2.45, 2.75) is 32.5 Å². The molecule has 0 saturated heterocycles. The molecule has 0 N–H and O–H groups in total. The molecule has 0 radical (unpaired) electrons. The average Bonchev–Trinajstić information content (AvgIpc) is 2.93. The lowest BCUT2D eigenvalue weighted by molar-refractivity contribution is 0.0600. The quantitative estimate of drug-likeness (QED) is 0.283. The zero-order valence-electron chi connectivity index (χ0n) is 21.2. The number of rotatable bonds is 6. The lowest BCUT2D eigenvalue weighted by Gasteiger charge is -2.30. The number of methoxy groups -OCH3 is 1. The van der Waals surface area contributed by atoms with E-state index in [9.17, 15) is 9.59 Å². The summed E-state index contributed by atoms with van der Waals surface area (Å²) in [5.74, 6) is 0.303. The molecule has 0 aliphatic carbocycles. The number of nitrogens with zero attached hydrogens (tertiary/aromatic N) is 3. The van der Waals surface area contributed by atoms with Gasteiger partial charge in [-0.1, -0.05) is 59.6 Å². The van der Waals surface area contributed by atoms with Crippen LogP contribution in [0.15, 0.2) is 77.6 Å². The van der Waals surface area contributed by atoms with Gasteiger partial charge in [0.05, 0.1) is 30.0 Å². The molecule has 5 rings (SSSR count). The lowest BCUT2D eigenvalue weighted by Crippen LogP contribution is -2.40. The Hall–Kier alpha value is -3.45. The molecule has 0 spiro atoms. The van der Waals surface area contributed by atoms with Crippen LogP contribution >= 0.6 is 23.2 Å². The normalized spacial score (nSPS) is 13.4. The predicted octanol–water partition coefficient (Wildman–Crippen LogP) is 5.84. The van der Waals surface area contributed by atoms with Crippen LogP contribution in [0, 0.1) is 6.92 Å². The summed E-state index contributed by atoms with van der Waals surface area (Å²) in [7, 11) is 1.37. The molecule has 0 unspecified atom stereocenters. The van der Waals surface area contributed by atoms with Crippen molar-refractivity contribution >= 4 is 29.2 Å². The summed E-state index contributed by atoms with van der Waals surface area (Å²) in [6.45, 7) is 3.83. The predicted molar refractivity (Wildman–Crippen MR) is 149 cm³/mol. The van der Waals surface area contributed by atoms with Crippen LogP contribution in [-0.2, 0) is 24.2 Å². The molecule has 0 saturated carbocycles. The maximum absolute atomic E-state index is 14.1. The van der Waals surface area contributed by atoms with E-state index < -0.39 is 0 Å². The number of fused-ring (bicyclic) bond motifs is 1. The average molecular weight is 548 g/mol. The van der Waals surface area contributed by atoms with Gasteiger partial charge in [-0.2, -0.15) is 0 Å². The Balaban J connectivity index is 1.50. The second kappa shape index (κ2) is 11.1. The zero-order chi connectivity index (χ0) is 26.8. The number of carbonyl (C=O) groups is 1. The highest BCUT2D eigenvalue weighted by atomic mass is 35.5. The first-order valence-corrected chi connectivity index (χ1v) is 13.1. The van der Waals surface area contributed by atoms with E-state index in [4.69, 9.17) is 32.9 Å². The molecule has 2 heterocycles. The first-order chi connectivity index (χ1) is 18.3. The molecule has 0 amide bonds. The molecule has 0 atom stereocenters. The van der Waals surface area contributed by atoms with Crippen LogP contribution < -0.4 is 5.56 Å². The number of hydrogen-bond donors (Lipinski definition) is 0.